The lowest BCUT2D eigenvalue weighted by atomic mass is 10.3. The summed E-state index contributed by atoms with van der Waals surface area (Å²) in [7, 11) is 2.21. The predicted molar refractivity (Wildman–Crippen MR) is 55.9 cm³/mol. The van der Waals surface area contributed by atoms with Crippen LogP contribution >= 0.6 is 11.6 Å². The molecule has 1 saturated heterocycles. The SMILES string of the molecule is C[NH+]1CCN(c2ccc(Cl)nn2)CC1. The molecule has 2 heterocycles. The van der Waals surface area contributed by atoms with E-state index in [4.69, 9.17) is 11.6 Å². The highest BCUT2D eigenvalue weighted by Gasteiger charge is 2.17. The van der Waals surface area contributed by atoms with Crippen molar-refractivity contribution in [2.24, 2.45) is 0 Å². The number of aromatic nitrogens is 2. The van der Waals surface area contributed by atoms with Gasteiger partial charge in [0.2, 0.25) is 0 Å². The summed E-state index contributed by atoms with van der Waals surface area (Å²) >= 11 is 5.68. The molecule has 0 aromatic carbocycles. The first kappa shape index (κ1) is 9.68. The molecule has 14 heavy (non-hydrogen) atoms. The molecule has 1 aliphatic heterocycles. The Hall–Kier alpha value is -0.870. The van der Waals surface area contributed by atoms with Crippen molar-refractivity contribution in [2.45, 2.75) is 0 Å². The largest absolute Gasteiger partial charge is 0.344 e. The van der Waals surface area contributed by atoms with Crippen molar-refractivity contribution in [1.82, 2.24) is 10.2 Å². The second-order valence-electron chi connectivity index (χ2n) is 3.66. The first-order chi connectivity index (χ1) is 6.75. The second-order valence-corrected chi connectivity index (χ2v) is 4.05. The molecular formula is C9H14ClN4+. The predicted octanol–water partition coefficient (Wildman–Crippen LogP) is -0.535. The number of likely N-dealkylation sites (N-methyl/N-ethyl adjacent to an activating group) is 1. The van der Waals surface area contributed by atoms with Gasteiger partial charge in [-0.1, -0.05) is 11.6 Å². The summed E-state index contributed by atoms with van der Waals surface area (Å²) in [5.74, 6) is 0.932. The molecule has 1 fully saturated rings. The van der Waals surface area contributed by atoms with Crippen LogP contribution in [0, 0.1) is 0 Å². The van der Waals surface area contributed by atoms with E-state index < -0.39 is 0 Å². The van der Waals surface area contributed by atoms with Crippen molar-refractivity contribution < 1.29 is 4.90 Å². The summed E-state index contributed by atoms with van der Waals surface area (Å²) in [6, 6.07) is 3.71. The van der Waals surface area contributed by atoms with Crippen LogP contribution in [0.2, 0.25) is 5.15 Å². The number of halogens is 1. The molecule has 2 rings (SSSR count). The quantitative estimate of drug-likeness (QED) is 0.681. The smallest absolute Gasteiger partial charge is 0.151 e. The maximum atomic E-state index is 5.68. The van der Waals surface area contributed by atoms with Gasteiger partial charge in [0.15, 0.2) is 11.0 Å². The number of nitrogens with zero attached hydrogens (tertiary/aromatic N) is 3. The Morgan fingerprint density at radius 3 is 2.57 bits per heavy atom. The third kappa shape index (κ3) is 2.13. The Morgan fingerprint density at radius 1 is 1.29 bits per heavy atom. The zero-order valence-corrected chi connectivity index (χ0v) is 8.96. The van der Waals surface area contributed by atoms with Crippen LogP contribution in [0.4, 0.5) is 5.82 Å². The van der Waals surface area contributed by atoms with E-state index in [2.05, 4.69) is 22.1 Å². The van der Waals surface area contributed by atoms with Crippen LogP contribution in [0.5, 0.6) is 0 Å². The molecule has 1 aromatic heterocycles. The number of anilines is 1. The number of hydrogen-bond donors (Lipinski definition) is 1. The van der Waals surface area contributed by atoms with Crippen molar-refractivity contribution in [2.75, 3.05) is 38.1 Å². The fraction of sp³-hybridized carbons (Fsp3) is 0.556. The normalized spacial score (nSPS) is 18.6. The molecule has 0 atom stereocenters. The molecule has 0 saturated carbocycles. The number of nitrogens with one attached hydrogen (secondary N) is 1. The Balaban J connectivity index is 2.05. The van der Waals surface area contributed by atoms with Gasteiger partial charge in [0.1, 0.15) is 0 Å². The number of hydrogen-bond acceptors (Lipinski definition) is 3. The molecule has 1 N–H and O–H groups in total. The van der Waals surface area contributed by atoms with Crippen LogP contribution in [0.3, 0.4) is 0 Å². The molecule has 0 amide bonds. The molecule has 0 unspecified atom stereocenters. The van der Waals surface area contributed by atoms with Gasteiger partial charge in [-0.05, 0) is 12.1 Å². The lowest BCUT2D eigenvalue weighted by Gasteiger charge is -2.30. The van der Waals surface area contributed by atoms with E-state index in [1.165, 1.54) is 0 Å². The average molecular weight is 214 g/mol. The highest BCUT2D eigenvalue weighted by Crippen LogP contribution is 2.11. The summed E-state index contributed by atoms with van der Waals surface area (Å²) < 4.78 is 0. The fourth-order valence-electron chi connectivity index (χ4n) is 1.60. The van der Waals surface area contributed by atoms with E-state index in [9.17, 15) is 0 Å². The Kier molecular flexibility index (Phi) is 2.84. The molecule has 0 aliphatic carbocycles. The summed E-state index contributed by atoms with van der Waals surface area (Å²) in [6.07, 6.45) is 0. The lowest BCUT2D eigenvalue weighted by molar-refractivity contribution is -0.880. The third-order valence-electron chi connectivity index (χ3n) is 2.56. The molecule has 76 valence electrons. The molecule has 4 nitrogen and oxygen atoms in total. The zero-order valence-electron chi connectivity index (χ0n) is 8.20. The maximum Gasteiger partial charge on any atom is 0.151 e. The van der Waals surface area contributed by atoms with E-state index in [1.54, 1.807) is 11.0 Å². The van der Waals surface area contributed by atoms with Crippen LogP contribution < -0.4 is 9.80 Å². The van der Waals surface area contributed by atoms with Gasteiger partial charge in [0.25, 0.3) is 0 Å². The van der Waals surface area contributed by atoms with E-state index in [0.29, 0.717) is 5.15 Å². The maximum absolute atomic E-state index is 5.68. The summed E-state index contributed by atoms with van der Waals surface area (Å²) in [5.41, 5.74) is 0. The van der Waals surface area contributed by atoms with Crippen LogP contribution in [-0.4, -0.2) is 43.4 Å². The number of quaternary nitrogens is 1. The zero-order chi connectivity index (χ0) is 9.97. The molecule has 0 spiro atoms. The average Bonchev–Trinajstić information content (AvgIpc) is 2.21. The van der Waals surface area contributed by atoms with E-state index in [1.807, 2.05) is 6.07 Å². The van der Waals surface area contributed by atoms with Crippen LogP contribution in [0.25, 0.3) is 0 Å². The third-order valence-corrected chi connectivity index (χ3v) is 2.76. The summed E-state index contributed by atoms with van der Waals surface area (Å²) in [5, 5.41) is 8.35. The number of rotatable bonds is 1. The fourth-order valence-corrected chi connectivity index (χ4v) is 1.70. The minimum Gasteiger partial charge on any atom is -0.344 e. The van der Waals surface area contributed by atoms with Gasteiger partial charge in [-0.2, -0.15) is 0 Å². The first-order valence-electron chi connectivity index (χ1n) is 4.81. The van der Waals surface area contributed by atoms with Crippen LogP contribution in [0.1, 0.15) is 0 Å². The van der Waals surface area contributed by atoms with Gasteiger partial charge < -0.3 is 9.80 Å². The van der Waals surface area contributed by atoms with Crippen molar-refractivity contribution in [3.05, 3.63) is 17.3 Å². The molecule has 5 heteroatoms. The molecule has 1 aliphatic rings. The topological polar surface area (TPSA) is 33.5 Å². The van der Waals surface area contributed by atoms with Crippen LogP contribution in [-0.2, 0) is 0 Å². The van der Waals surface area contributed by atoms with Gasteiger partial charge in [0, 0.05) is 0 Å². The Labute approximate surface area is 88.5 Å². The van der Waals surface area contributed by atoms with Gasteiger partial charge in [-0.25, -0.2) is 0 Å². The molecule has 1 aromatic rings. The highest BCUT2D eigenvalue weighted by atomic mass is 35.5. The first-order valence-corrected chi connectivity index (χ1v) is 5.19. The monoisotopic (exact) mass is 213 g/mol. The second kappa shape index (κ2) is 4.11. The van der Waals surface area contributed by atoms with Gasteiger partial charge in [0.05, 0.1) is 33.2 Å². The Morgan fingerprint density at radius 2 is 2.00 bits per heavy atom. The van der Waals surface area contributed by atoms with E-state index >= 15 is 0 Å². The van der Waals surface area contributed by atoms with Crippen molar-refractivity contribution in [3.63, 3.8) is 0 Å². The van der Waals surface area contributed by atoms with Crippen molar-refractivity contribution in [1.29, 1.82) is 0 Å². The minimum atomic E-state index is 0.452. The van der Waals surface area contributed by atoms with Gasteiger partial charge >= 0.3 is 0 Å². The van der Waals surface area contributed by atoms with E-state index in [-0.39, 0.29) is 0 Å². The summed E-state index contributed by atoms with van der Waals surface area (Å²) in [4.78, 5) is 3.82. The van der Waals surface area contributed by atoms with Crippen LogP contribution in [0.15, 0.2) is 12.1 Å². The van der Waals surface area contributed by atoms with Gasteiger partial charge in [-0.3, -0.25) is 0 Å². The van der Waals surface area contributed by atoms with Crippen molar-refractivity contribution >= 4 is 17.4 Å². The lowest BCUT2D eigenvalue weighted by Crippen LogP contribution is -3.12. The molecule has 0 bridgehead atoms. The standard InChI is InChI=1S/C9H13ClN4/c1-13-4-6-14(7-5-13)9-3-2-8(10)11-12-9/h2-3H,4-7H2,1H3/p+1. The summed E-state index contributed by atoms with van der Waals surface area (Å²) in [6.45, 7) is 4.40. The molecular weight excluding hydrogens is 200 g/mol. The minimum absolute atomic E-state index is 0.452. The highest BCUT2D eigenvalue weighted by molar-refractivity contribution is 6.29. The molecule has 0 radical (unpaired) electrons. The van der Waals surface area contributed by atoms with Gasteiger partial charge in [-0.15, -0.1) is 10.2 Å². The Bertz CT molecular complexity index is 292. The van der Waals surface area contributed by atoms with Crippen molar-refractivity contribution in [3.8, 4) is 0 Å². The van der Waals surface area contributed by atoms with E-state index in [0.717, 1.165) is 32.0 Å². The number of piperazine rings is 1.